The molecule has 2 unspecified atom stereocenters. The van der Waals surface area contributed by atoms with Gasteiger partial charge in [0.25, 0.3) is 5.91 Å². The molecule has 0 radical (unpaired) electrons. The average molecular weight is 567 g/mol. The lowest BCUT2D eigenvalue weighted by atomic mass is 9.77. The van der Waals surface area contributed by atoms with Gasteiger partial charge >= 0.3 is 0 Å². The van der Waals surface area contributed by atoms with Crippen LogP contribution in [-0.2, 0) is 4.79 Å². The third kappa shape index (κ3) is 4.88. The summed E-state index contributed by atoms with van der Waals surface area (Å²) < 4.78 is 27.3. The number of hydrogen-bond acceptors (Lipinski definition) is 6. The Morgan fingerprint density at radius 3 is 2.56 bits per heavy atom. The van der Waals surface area contributed by atoms with E-state index in [9.17, 15) is 13.6 Å². The first-order valence-electron chi connectivity index (χ1n) is 13.4. The van der Waals surface area contributed by atoms with Crippen LogP contribution in [0.3, 0.4) is 0 Å². The fourth-order valence-electron chi connectivity index (χ4n) is 5.72. The molecule has 7 nitrogen and oxygen atoms in total. The number of benzene rings is 3. The Kier molecular flexibility index (Phi) is 6.54. The number of halogens is 2. The van der Waals surface area contributed by atoms with Crippen LogP contribution in [0.5, 0.6) is 0 Å². The molecule has 0 saturated heterocycles. The molecule has 2 aliphatic rings. The molecule has 0 bridgehead atoms. The van der Waals surface area contributed by atoms with Crippen LogP contribution in [0.1, 0.15) is 36.4 Å². The van der Waals surface area contributed by atoms with E-state index in [1.54, 1.807) is 29.3 Å². The molecule has 204 valence electrons. The standard InChI is InChI=1S/C31H24F2N6OS/c32-21-12-8-18(9-13-21)16-20-4-3-6-24-27(20)38-39(29(24)19-10-14-22(33)15-11-19)26(40)17-41-31-35-30-28(36-37-31)23-5-1-2-7-25(23)34-30/h1-2,5,7-16,24,29H,3-4,6,17H2,(H,34,35,37)/b20-16-. The Hall–Kier alpha value is -4.44. The highest BCUT2D eigenvalue weighted by molar-refractivity contribution is 7.99. The van der Waals surface area contributed by atoms with E-state index in [-0.39, 0.29) is 35.3 Å². The molecule has 7 rings (SSSR count). The predicted molar refractivity (Wildman–Crippen MR) is 155 cm³/mol. The van der Waals surface area contributed by atoms with Crippen molar-refractivity contribution in [2.75, 3.05) is 5.75 Å². The molecule has 10 heteroatoms. The monoisotopic (exact) mass is 566 g/mol. The van der Waals surface area contributed by atoms with Crippen molar-refractivity contribution in [1.29, 1.82) is 0 Å². The maximum atomic E-state index is 13.8. The van der Waals surface area contributed by atoms with Gasteiger partial charge in [0.1, 0.15) is 17.2 Å². The van der Waals surface area contributed by atoms with Gasteiger partial charge in [0.2, 0.25) is 5.16 Å². The van der Waals surface area contributed by atoms with Crippen molar-refractivity contribution in [1.82, 2.24) is 25.2 Å². The first-order valence-corrected chi connectivity index (χ1v) is 14.4. The van der Waals surface area contributed by atoms with Gasteiger partial charge in [0, 0.05) is 16.8 Å². The molecule has 0 spiro atoms. The molecular formula is C31H24F2N6OS. The molecule has 3 heterocycles. The summed E-state index contributed by atoms with van der Waals surface area (Å²) in [7, 11) is 0. The van der Waals surface area contributed by atoms with E-state index >= 15 is 0 Å². The van der Waals surface area contributed by atoms with Crippen LogP contribution in [0.2, 0.25) is 0 Å². The van der Waals surface area contributed by atoms with Gasteiger partial charge in [-0.3, -0.25) is 4.79 Å². The number of hydrazone groups is 1. The van der Waals surface area contributed by atoms with Crippen molar-refractivity contribution in [3.05, 3.63) is 101 Å². The van der Waals surface area contributed by atoms with Gasteiger partial charge in [-0.25, -0.2) is 18.8 Å². The number of carbonyl (C=O) groups is 1. The van der Waals surface area contributed by atoms with E-state index in [2.05, 4.69) is 20.2 Å². The number of hydrogen-bond donors (Lipinski definition) is 1. The number of thioether (sulfide) groups is 1. The minimum atomic E-state index is -0.356. The van der Waals surface area contributed by atoms with E-state index in [0.29, 0.717) is 16.3 Å². The van der Waals surface area contributed by atoms with Crippen LogP contribution >= 0.6 is 11.8 Å². The normalized spacial score (nSPS) is 19.6. The average Bonchev–Trinajstić information content (AvgIpc) is 3.57. The summed E-state index contributed by atoms with van der Waals surface area (Å²) in [5.41, 5.74) is 5.80. The Bertz CT molecular complexity index is 1830. The molecule has 1 fully saturated rings. The lowest BCUT2D eigenvalue weighted by Crippen LogP contribution is -2.32. The Morgan fingerprint density at radius 1 is 1.00 bits per heavy atom. The third-order valence-corrected chi connectivity index (χ3v) is 8.43. The van der Waals surface area contributed by atoms with Gasteiger partial charge in [0.15, 0.2) is 5.65 Å². The second kappa shape index (κ2) is 10.5. The van der Waals surface area contributed by atoms with Crippen LogP contribution in [0.4, 0.5) is 8.78 Å². The van der Waals surface area contributed by atoms with Gasteiger partial charge in [0.05, 0.1) is 17.5 Å². The van der Waals surface area contributed by atoms with Gasteiger partial charge in [-0.05, 0) is 72.4 Å². The number of allylic oxidation sites excluding steroid dienone is 1. The van der Waals surface area contributed by atoms with Crippen LogP contribution in [-0.4, -0.2) is 42.5 Å². The SMILES string of the molecule is O=C(CSc1nnc2c(n1)[nH]c1ccccc12)N1N=C2/C(=C\c3ccc(F)cc3)CCCC2C1c1ccc(F)cc1. The zero-order valence-corrected chi connectivity index (χ0v) is 22.6. The first kappa shape index (κ1) is 25.5. The lowest BCUT2D eigenvalue weighted by molar-refractivity contribution is -0.130. The first-order chi connectivity index (χ1) is 20.0. The molecule has 1 aliphatic carbocycles. The predicted octanol–water partition coefficient (Wildman–Crippen LogP) is 6.70. The highest BCUT2D eigenvalue weighted by Crippen LogP contribution is 2.44. The van der Waals surface area contributed by atoms with Gasteiger partial charge in [-0.15, -0.1) is 10.2 Å². The molecule has 41 heavy (non-hydrogen) atoms. The Labute approximate surface area is 238 Å². The zero-order valence-electron chi connectivity index (χ0n) is 21.8. The lowest BCUT2D eigenvalue weighted by Gasteiger charge is -2.29. The van der Waals surface area contributed by atoms with Crippen LogP contribution in [0.15, 0.2) is 88.6 Å². The second-order valence-electron chi connectivity index (χ2n) is 10.2. The van der Waals surface area contributed by atoms with Crippen molar-refractivity contribution in [2.24, 2.45) is 11.0 Å². The number of nitrogens with one attached hydrogen (secondary N) is 1. The van der Waals surface area contributed by atoms with E-state index in [0.717, 1.165) is 52.6 Å². The largest absolute Gasteiger partial charge is 0.338 e. The topological polar surface area (TPSA) is 87.1 Å². The number of aromatic nitrogens is 4. The maximum Gasteiger partial charge on any atom is 0.253 e. The maximum absolute atomic E-state index is 13.8. The molecule has 3 aromatic carbocycles. The molecule has 1 aliphatic heterocycles. The number of aromatic amines is 1. The van der Waals surface area contributed by atoms with Crippen LogP contribution in [0.25, 0.3) is 28.1 Å². The second-order valence-corrected chi connectivity index (χ2v) is 11.1. The molecule has 1 N–H and O–H groups in total. The summed E-state index contributed by atoms with van der Waals surface area (Å²) in [4.78, 5) is 21.5. The minimum absolute atomic E-state index is 0.0320. The van der Waals surface area contributed by atoms with Crippen molar-refractivity contribution in [3.63, 3.8) is 0 Å². The highest BCUT2D eigenvalue weighted by Gasteiger charge is 2.43. The molecule has 2 atom stereocenters. The van der Waals surface area contributed by atoms with Crippen molar-refractivity contribution in [3.8, 4) is 0 Å². The van der Waals surface area contributed by atoms with E-state index in [1.807, 2.05) is 30.3 Å². The number of carbonyl (C=O) groups excluding carboxylic acids is 1. The van der Waals surface area contributed by atoms with Crippen LogP contribution < -0.4 is 0 Å². The molecule has 1 amide bonds. The van der Waals surface area contributed by atoms with E-state index in [1.165, 1.54) is 36.0 Å². The fourth-order valence-corrected chi connectivity index (χ4v) is 6.36. The van der Waals surface area contributed by atoms with Crippen LogP contribution in [0, 0.1) is 17.6 Å². The quantitative estimate of drug-likeness (QED) is 0.239. The van der Waals surface area contributed by atoms with Crippen molar-refractivity contribution in [2.45, 2.75) is 30.5 Å². The molecule has 2 aromatic heterocycles. The highest BCUT2D eigenvalue weighted by atomic mass is 32.2. The van der Waals surface area contributed by atoms with Gasteiger partial charge < -0.3 is 4.98 Å². The summed E-state index contributed by atoms with van der Waals surface area (Å²) in [5.74, 6) is -0.798. The van der Waals surface area contributed by atoms with Gasteiger partial charge in [-0.1, -0.05) is 54.2 Å². The number of rotatable bonds is 5. The molecule has 1 saturated carbocycles. The number of para-hydroxylation sites is 1. The fraction of sp³-hybridized carbons (Fsp3) is 0.194. The van der Waals surface area contributed by atoms with Gasteiger partial charge in [-0.2, -0.15) is 5.10 Å². The molecule has 5 aromatic rings. The van der Waals surface area contributed by atoms with E-state index in [4.69, 9.17) is 5.10 Å². The molecular weight excluding hydrogens is 542 g/mol. The summed E-state index contributed by atoms with van der Waals surface area (Å²) in [6.07, 6.45) is 4.60. The number of fused-ring (bicyclic) bond motifs is 4. The number of nitrogens with zero attached hydrogens (tertiary/aromatic N) is 5. The minimum Gasteiger partial charge on any atom is -0.338 e. The van der Waals surface area contributed by atoms with Crippen molar-refractivity contribution >= 4 is 51.5 Å². The van der Waals surface area contributed by atoms with Crippen molar-refractivity contribution < 1.29 is 13.6 Å². The van der Waals surface area contributed by atoms with E-state index < -0.39 is 0 Å². The smallest absolute Gasteiger partial charge is 0.253 e. The summed E-state index contributed by atoms with van der Waals surface area (Å²) >= 11 is 1.20. The zero-order chi connectivity index (χ0) is 27.9. The third-order valence-electron chi connectivity index (χ3n) is 7.61. The number of H-pyrrole nitrogens is 1. The summed E-state index contributed by atoms with van der Waals surface area (Å²) in [6.45, 7) is 0. The Balaban J connectivity index is 1.18. The summed E-state index contributed by atoms with van der Waals surface area (Å²) in [6, 6.07) is 20.0. The number of amides is 1. The Morgan fingerprint density at radius 2 is 1.76 bits per heavy atom. The summed E-state index contributed by atoms with van der Waals surface area (Å²) in [5, 5.41) is 16.3.